The minimum atomic E-state index is -0.472. The standard InChI is InChI=1S/C16H14N4O3/c1-10-14(11-5-4-8-17-9-11)19-16(18-10)12-6-3-7-13(20(21)22)15(12)23-2/h3-9H,1-2H3,(H,18,19). The molecule has 116 valence electrons. The van der Waals surface area contributed by atoms with Gasteiger partial charge < -0.3 is 9.72 Å². The molecule has 0 fully saturated rings. The third-order valence-corrected chi connectivity index (χ3v) is 3.49. The van der Waals surface area contributed by atoms with Gasteiger partial charge in [-0.3, -0.25) is 15.1 Å². The number of pyridine rings is 1. The number of aromatic amines is 1. The van der Waals surface area contributed by atoms with E-state index in [0.29, 0.717) is 11.4 Å². The van der Waals surface area contributed by atoms with E-state index in [1.54, 1.807) is 24.5 Å². The number of H-pyrrole nitrogens is 1. The van der Waals surface area contributed by atoms with E-state index >= 15 is 0 Å². The molecule has 2 heterocycles. The zero-order chi connectivity index (χ0) is 16.4. The molecule has 1 N–H and O–H groups in total. The van der Waals surface area contributed by atoms with E-state index in [0.717, 1.165) is 17.0 Å². The number of nitrogens with zero attached hydrogens (tertiary/aromatic N) is 3. The average molecular weight is 310 g/mol. The summed E-state index contributed by atoms with van der Waals surface area (Å²) in [4.78, 5) is 22.4. The average Bonchev–Trinajstić information content (AvgIpc) is 2.96. The number of benzene rings is 1. The Balaban J connectivity index is 2.14. The van der Waals surface area contributed by atoms with Crippen LogP contribution < -0.4 is 4.74 Å². The van der Waals surface area contributed by atoms with Crippen LogP contribution in [0.15, 0.2) is 42.7 Å². The largest absolute Gasteiger partial charge is 0.490 e. The molecule has 3 rings (SSSR count). The van der Waals surface area contributed by atoms with Crippen molar-refractivity contribution < 1.29 is 9.66 Å². The van der Waals surface area contributed by atoms with Crippen LogP contribution in [0.25, 0.3) is 22.6 Å². The molecule has 0 atom stereocenters. The summed E-state index contributed by atoms with van der Waals surface area (Å²) < 4.78 is 5.23. The zero-order valence-corrected chi connectivity index (χ0v) is 12.6. The fourth-order valence-corrected chi connectivity index (χ4v) is 2.45. The molecule has 0 unspecified atom stereocenters. The van der Waals surface area contributed by atoms with Crippen LogP contribution >= 0.6 is 0 Å². The van der Waals surface area contributed by atoms with Crippen LogP contribution in [0.3, 0.4) is 0 Å². The number of aryl methyl sites for hydroxylation is 1. The molecule has 0 saturated heterocycles. The number of para-hydroxylation sites is 1. The van der Waals surface area contributed by atoms with Crippen LogP contribution in [-0.2, 0) is 0 Å². The smallest absolute Gasteiger partial charge is 0.311 e. The van der Waals surface area contributed by atoms with Crippen molar-refractivity contribution in [3.05, 3.63) is 58.5 Å². The first kappa shape index (κ1) is 14.7. The van der Waals surface area contributed by atoms with Crippen LogP contribution in [0.5, 0.6) is 5.75 Å². The molecule has 7 heteroatoms. The van der Waals surface area contributed by atoms with Gasteiger partial charge >= 0.3 is 5.69 Å². The zero-order valence-electron chi connectivity index (χ0n) is 12.6. The number of hydrogen-bond acceptors (Lipinski definition) is 5. The number of ether oxygens (including phenoxy) is 1. The molecule has 0 saturated carbocycles. The van der Waals surface area contributed by atoms with Gasteiger partial charge in [0.2, 0.25) is 5.75 Å². The second kappa shape index (κ2) is 5.88. The molecule has 7 nitrogen and oxygen atoms in total. The maximum Gasteiger partial charge on any atom is 0.311 e. The molecule has 1 aromatic carbocycles. The van der Waals surface area contributed by atoms with Gasteiger partial charge in [-0.05, 0) is 25.1 Å². The minimum Gasteiger partial charge on any atom is -0.490 e. The highest BCUT2D eigenvalue weighted by Crippen LogP contribution is 2.37. The van der Waals surface area contributed by atoms with Crippen molar-refractivity contribution in [2.45, 2.75) is 6.92 Å². The SMILES string of the molecule is COc1c(-c2nc(C)c(-c3cccnc3)[nH]2)cccc1[N+](=O)[O-]. The first-order chi connectivity index (χ1) is 11.1. The lowest BCUT2D eigenvalue weighted by atomic mass is 10.1. The lowest BCUT2D eigenvalue weighted by Crippen LogP contribution is -1.96. The van der Waals surface area contributed by atoms with Crippen molar-refractivity contribution in [3.8, 4) is 28.4 Å². The van der Waals surface area contributed by atoms with Gasteiger partial charge in [-0.2, -0.15) is 0 Å². The summed E-state index contributed by atoms with van der Waals surface area (Å²) in [7, 11) is 1.41. The van der Waals surface area contributed by atoms with Gasteiger partial charge in [-0.1, -0.05) is 6.07 Å². The van der Waals surface area contributed by atoms with E-state index in [1.165, 1.54) is 13.2 Å². The molecule has 0 aliphatic carbocycles. The number of hydrogen-bond donors (Lipinski definition) is 1. The fourth-order valence-electron chi connectivity index (χ4n) is 2.45. The van der Waals surface area contributed by atoms with Gasteiger partial charge in [0.25, 0.3) is 0 Å². The maximum atomic E-state index is 11.1. The molecule has 0 aliphatic rings. The van der Waals surface area contributed by atoms with E-state index in [4.69, 9.17) is 4.74 Å². The van der Waals surface area contributed by atoms with E-state index < -0.39 is 4.92 Å². The highest BCUT2D eigenvalue weighted by atomic mass is 16.6. The summed E-state index contributed by atoms with van der Waals surface area (Å²) in [6.07, 6.45) is 3.43. The van der Waals surface area contributed by atoms with Crippen molar-refractivity contribution >= 4 is 5.69 Å². The molecule has 0 amide bonds. The van der Waals surface area contributed by atoms with Crippen molar-refractivity contribution in [1.82, 2.24) is 15.0 Å². The summed E-state index contributed by atoms with van der Waals surface area (Å²) in [5.74, 6) is 0.700. The molecule has 0 bridgehead atoms. The maximum absolute atomic E-state index is 11.1. The Morgan fingerprint density at radius 2 is 2.09 bits per heavy atom. The van der Waals surface area contributed by atoms with Crippen molar-refractivity contribution in [2.75, 3.05) is 7.11 Å². The summed E-state index contributed by atoms with van der Waals surface area (Å²) in [6, 6.07) is 8.50. The molecule has 3 aromatic rings. The third kappa shape index (κ3) is 2.64. The van der Waals surface area contributed by atoms with Crippen LogP contribution in [0.4, 0.5) is 5.69 Å². The lowest BCUT2D eigenvalue weighted by Gasteiger charge is -2.06. The number of aromatic nitrogens is 3. The van der Waals surface area contributed by atoms with Crippen LogP contribution in [0, 0.1) is 17.0 Å². The van der Waals surface area contributed by atoms with Crippen molar-refractivity contribution in [3.63, 3.8) is 0 Å². The van der Waals surface area contributed by atoms with E-state index in [9.17, 15) is 10.1 Å². The molecule has 0 spiro atoms. The monoisotopic (exact) mass is 310 g/mol. The first-order valence-electron chi connectivity index (χ1n) is 6.90. The normalized spacial score (nSPS) is 10.5. The van der Waals surface area contributed by atoms with Crippen LogP contribution in [0.1, 0.15) is 5.69 Å². The first-order valence-corrected chi connectivity index (χ1v) is 6.90. The van der Waals surface area contributed by atoms with E-state index in [-0.39, 0.29) is 11.4 Å². The number of imidazole rings is 1. The number of methoxy groups -OCH3 is 1. The Labute approximate surface area is 132 Å². The summed E-state index contributed by atoms with van der Waals surface area (Å²) in [5.41, 5.74) is 2.94. The number of nitro benzene ring substituents is 1. The van der Waals surface area contributed by atoms with Gasteiger partial charge in [-0.15, -0.1) is 0 Å². The van der Waals surface area contributed by atoms with Gasteiger partial charge in [0.05, 0.1) is 29.0 Å². The predicted molar refractivity (Wildman–Crippen MR) is 85.2 cm³/mol. The number of rotatable bonds is 4. The Kier molecular flexibility index (Phi) is 3.76. The predicted octanol–water partition coefficient (Wildman–Crippen LogP) is 3.36. The highest BCUT2D eigenvalue weighted by molar-refractivity contribution is 5.74. The molecular weight excluding hydrogens is 296 g/mol. The van der Waals surface area contributed by atoms with Gasteiger partial charge in [-0.25, -0.2) is 4.98 Å². The van der Waals surface area contributed by atoms with Gasteiger partial charge in [0, 0.05) is 24.0 Å². The van der Waals surface area contributed by atoms with Crippen LogP contribution in [-0.4, -0.2) is 27.0 Å². The second-order valence-electron chi connectivity index (χ2n) is 4.90. The molecule has 2 aromatic heterocycles. The lowest BCUT2D eigenvalue weighted by molar-refractivity contribution is -0.385. The minimum absolute atomic E-state index is 0.0954. The Morgan fingerprint density at radius 3 is 2.74 bits per heavy atom. The summed E-state index contributed by atoms with van der Waals surface area (Å²) in [6.45, 7) is 1.87. The second-order valence-corrected chi connectivity index (χ2v) is 4.90. The Morgan fingerprint density at radius 1 is 1.26 bits per heavy atom. The Bertz CT molecular complexity index is 859. The highest BCUT2D eigenvalue weighted by Gasteiger charge is 2.21. The molecule has 0 radical (unpaired) electrons. The topological polar surface area (TPSA) is 93.9 Å². The van der Waals surface area contributed by atoms with Gasteiger partial charge in [0.1, 0.15) is 5.82 Å². The fraction of sp³-hybridized carbons (Fsp3) is 0.125. The third-order valence-electron chi connectivity index (χ3n) is 3.49. The summed E-state index contributed by atoms with van der Waals surface area (Å²) >= 11 is 0. The van der Waals surface area contributed by atoms with Crippen molar-refractivity contribution in [2.24, 2.45) is 0 Å². The van der Waals surface area contributed by atoms with Gasteiger partial charge in [0.15, 0.2) is 0 Å². The Hall–Kier alpha value is -3.22. The molecule has 0 aliphatic heterocycles. The quantitative estimate of drug-likeness (QED) is 0.589. The molecular formula is C16H14N4O3. The molecule has 23 heavy (non-hydrogen) atoms. The van der Waals surface area contributed by atoms with Crippen LogP contribution in [0.2, 0.25) is 0 Å². The summed E-state index contributed by atoms with van der Waals surface area (Å²) in [5, 5.41) is 11.1. The van der Waals surface area contributed by atoms with E-state index in [1.807, 2.05) is 19.1 Å². The van der Waals surface area contributed by atoms with E-state index in [2.05, 4.69) is 15.0 Å². The van der Waals surface area contributed by atoms with Crippen molar-refractivity contribution in [1.29, 1.82) is 0 Å². The number of nitrogens with one attached hydrogen (secondary N) is 1. The number of nitro groups is 1.